The van der Waals surface area contributed by atoms with E-state index >= 15 is 0 Å². The summed E-state index contributed by atoms with van der Waals surface area (Å²) in [6.07, 6.45) is 0. The van der Waals surface area contributed by atoms with E-state index in [1.165, 1.54) is 23.5 Å². The molecule has 5 heteroatoms. The number of amides is 1. The number of nitriles is 1. The monoisotopic (exact) mass is 246 g/mol. The first-order valence-corrected chi connectivity index (χ1v) is 5.68. The maximum atomic E-state index is 13.0. The maximum absolute atomic E-state index is 13.0. The van der Waals surface area contributed by atoms with Crippen LogP contribution in [-0.2, 0) is 0 Å². The zero-order valence-electron chi connectivity index (χ0n) is 8.61. The van der Waals surface area contributed by atoms with E-state index in [9.17, 15) is 9.18 Å². The number of halogens is 1. The van der Waals surface area contributed by atoms with Gasteiger partial charge in [0.1, 0.15) is 11.9 Å². The van der Waals surface area contributed by atoms with Gasteiger partial charge >= 0.3 is 0 Å². The molecule has 2 rings (SSSR count). The van der Waals surface area contributed by atoms with Gasteiger partial charge in [-0.05, 0) is 29.6 Å². The van der Waals surface area contributed by atoms with Crippen LogP contribution in [-0.4, -0.2) is 5.91 Å². The number of nitrogens with one attached hydrogen (secondary N) is 1. The summed E-state index contributed by atoms with van der Waals surface area (Å²) in [5.74, 6) is -0.872. The van der Waals surface area contributed by atoms with Gasteiger partial charge in [-0.3, -0.25) is 4.79 Å². The van der Waals surface area contributed by atoms with Gasteiger partial charge in [-0.15, -0.1) is 0 Å². The number of hydrogen-bond donors (Lipinski definition) is 1. The van der Waals surface area contributed by atoms with Gasteiger partial charge in [0, 0.05) is 11.1 Å². The second kappa shape index (κ2) is 4.76. The number of carbonyl (C=O) groups excluding carboxylic acids is 1. The summed E-state index contributed by atoms with van der Waals surface area (Å²) in [6.45, 7) is 0. The topological polar surface area (TPSA) is 52.9 Å². The highest BCUT2D eigenvalue weighted by atomic mass is 32.1. The molecule has 0 aliphatic rings. The quantitative estimate of drug-likeness (QED) is 0.885. The molecule has 3 nitrogen and oxygen atoms in total. The average Bonchev–Trinajstić information content (AvgIpc) is 2.85. The minimum Gasteiger partial charge on any atom is -0.322 e. The Balaban J connectivity index is 2.20. The number of hydrogen-bond acceptors (Lipinski definition) is 3. The Labute approximate surface area is 101 Å². The lowest BCUT2D eigenvalue weighted by atomic mass is 10.2. The summed E-state index contributed by atoms with van der Waals surface area (Å²) >= 11 is 1.42. The van der Waals surface area contributed by atoms with Crippen LogP contribution in [0.4, 0.5) is 10.1 Å². The van der Waals surface area contributed by atoms with Crippen LogP contribution in [0.1, 0.15) is 15.9 Å². The number of benzene rings is 1. The van der Waals surface area contributed by atoms with Gasteiger partial charge in [0.25, 0.3) is 5.91 Å². The summed E-state index contributed by atoms with van der Waals surface area (Å²) in [6, 6.07) is 7.29. The molecule has 1 N–H and O–H groups in total. The van der Waals surface area contributed by atoms with Crippen molar-refractivity contribution in [3.8, 4) is 6.07 Å². The van der Waals surface area contributed by atoms with Crippen LogP contribution < -0.4 is 5.32 Å². The van der Waals surface area contributed by atoms with Crippen LogP contribution in [0.15, 0.2) is 35.0 Å². The van der Waals surface area contributed by atoms with Crippen molar-refractivity contribution < 1.29 is 9.18 Å². The smallest absolute Gasteiger partial charge is 0.256 e. The standard InChI is InChI=1S/C12H7FN2OS/c13-11-2-1-10(5-9(11)6-14)15-12(16)8-3-4-17-7-8/h1-5,7H,(H,15,16). The van der Waals surface area contributed by atoms with Crippen molar-refractivity contribution in [1.82, 2.24) is 0 Å². The molecule has 0 saturated heterocycles. The molecule has 84 valence electrons. The molecular weight excluding hydrogens is 239 g/mol. The summed E-state index contributed by atoms with van der Waals surface area (Å²) < 4.78 is 13.0. The molecule has 0 bridgehead atoms. The molecule has 1 amide bonds. The molecule has 0 saturated carbocycles. The van der Waals surface area contributed by atoms with Crippen LogP contribution in [0.2, 0.25) is 0 Å². The number of carbonyl (C=O) groups is 1. The molecule has 0 unspecified atom stereocenters. The first-order chi connectivity index (χ1) is 8.20. The lowest BCUT2D eigenvalue weighted by Crippen LogP contribution is -2.10. The van der Waals surface area contributed by atoms with Gasteiger partial charge in [0.05, 0.1) is 11.1 Å². The molecule has 0 fully saturated rings. The van der Waals surface area contributed by atoms with Crippen LogP contribution in [0, 0.1) is 17.1 Å². The molecule has 1 heterocycles. The Morgan fingerprint density at radius 2 is 2.24 bits per heavy atom. The molecule has 1 aromatic carbocycles. The number of anilines is 1. The van der Waals surface area contributed by atoms with Crippen LogP contribution in [0.3, 0.4) is 0 Å². The van der Waals surface area contributed by atoms with Crippen molar-refractivity contribution in [3.63, 3.8) is 0 Å². The average molecular weight is 246 g/mol. The molecular formula is C12H7FN2OS. The number of thiophene rings is 1. The highest BCUT2D eigenvalue weighted by molar-refractivity contribution is 7.08. The molecule has 2 aromatic rings. The lowest BCUT2D eigenvalue weighted by molar-refractivity contribution is 0.102. The summed E-state index contributed by atoms with van der Waals surface area (Å²) in [7, 11) is 0. The van der Waals surface area contributed by atoms with Gasteiger partial charge in [0.2, 0.25) is 0 Å². The fraction of sp³-hybridized carbons (Fsp3) is 0. The minimum atomic E-state index is -0.596. The Morgan fingerprint density at radius 1 is 1.41 bits per heavy atom. The van der Waals surface area contributed by atoms with Crippen molar-refractivity contribution in [1.29, 1.82) is 5.26 Å². The lowest BCUT2D eigenvalue weighted by Gasteiger charge is -2.04. The molecule has 17 heavy (non-hydrogen) atoms. The predicted octanol–water partition coefficient (Wildman–Crippen LogP) is 3.01. The van der Waals surface area contributed by atoms with E-state index in [0.29, 0.717) is 11.3 Å². The van der Waals surface area contributed by atoms with E-state index in [1.807, 2.05) is 0 Å². The van der Waals surface area contributed by atoms with Gasteiger partial charge in [-0.2, -0.15) is 16.6 Å². The Hall–Kier alpha value is -2.19. The van der Waals surface area contributed by atoms with Gasteiger partial charge in [-0.1, -0.05) is 0 Å². The normalized spacial score (nSPS) is 9.65. The third kappa shape index (κ3) is 2.49. The fourth-order valence-corrected chi connectivity index (χ4v) is 1.92. The largest absolute Gasteiger partial charge is 0.322 e. The van der Waals surface area contributed by atoms with Crippen molar-refractivity contribution in [2.24, 2.45) is 0 Å². The third-order valence-electron chi connectivity index (χ3n) is 2.13. The Kier molecular flexibility index (Phi) is 3.17. The number of nitrogens with zero attached hydrogens (tertiary/aromatic N) is 1. The van der Waals surface area contributed by atoms with E-state index in [4.69, 9.17) is 5.26 Å². The molecule has 1 aromatic heterocycles. The second-order valence-electron chi connectivity index (χ2n) is 3.27. The molecule has 0 radical (unpaired) electrons. The summed E-state index contributed by atoms with van der Waals surface area (Å²) in [4.78, 5) is 11.7. The van der Waals surface area contributed by atoms with Crippen molar-refractivity contribution in [2.75, 3.05) is 5.32 Å². The van der Waals surface area contributed by atoms with E-state index in [-0.39, 0.29) is 11.5 Å². The third-order valence-corrected chi connectivity index (χ3v) is 2.81. The van der Waals surface area contributed by atoms with Crippen molar-refractivity contribution in [2.45, 2.75) is 0 Å². The van der Waals surface area contributed by atoms with Crippen molar-refractivity contribution in [3.05, 3.63) is 52.0 Å². The Morgan fingerprint density at radius 3 is 2.88 bits per heavy atom. The van der Waals surface area contributed by atoms with Crippen LogP contribution in [0.5, 0.6) is 0 Å². The van der Waals surface area contributed by atoms with Crippen LogP contribution >= 0.6 is 11.3 Å². The highest BCUT2D eigenvalue weighted by Gasteiger charge is 2.08. The van der Waals surface area contributed by atoms with Crippen LogP contribution in [0.25, 0.3) is 0 Å². The fourth-order valence-electron chi connectivity index (χ4n) is 1.29. The maximum Gasteiger partial charge on any atom is 0.256 e. The first kappa shape index (κ1) is 11.3. The van der Waals surface area contributed by atoms with Crippen molar-refractivity contribution >= 4 is 22.9 Å². The van der Waals surface area contributed by atoms with Gasteiger partial charge < -0.3 is 5.32 Å². The van der Waals surface area contributed by atoms with E-state index in [2.05, 4.69) is 5.32 Å². The zero-order valence-corrected chi connectivity index (χ0v) is 9.42. The summed E-state index contributed by atoms with van der Waals surface area (Å²) in [5, 5.41) is 14.8. The van der Waals surface area contributed by atoms with Gasteiger partial charge in [0.15, 0.2) is 0 Å². The molecule has 0 atom stereocenters. The van der Waals surface area contributed by atoms with E-state index in [1.54, 1.807) is 22.9 Å². The van der Waals surface area contributed by atoms with E-state index < -0.39 is 5.82 Å². The molecule has 0 aliphatic heterocycles. The minimum absolute atomic E-state index is 0.0897. The SMILES string of the molecule is N#Cc1cc(NC(=O)c2ccsc2)ccc1F. The molecule has 0 aliphatic carbocycles. The zero-order chi connectivity index (χ0) is 12.3. The first-order valence-electron chi connectivity index (χ1n) is 4.74. The molecule has 0 spiro atoms. The predicted molar refractivity (Wildman–Crippen MR) is 63.4 cm³/mol. The Bertz CT molecular complexity index is 587. The van der Waals surface area contributed by atoms with E-state index in [0.717, 1.165) is 6.07 Å². The second-order valence-corrected chi connectivity index (χ2v) is 4.05. The number of rotatable bonds is 2. The summed E-state index contributed by atoms with van der Waals surface area (Å²) in [5.41, 5.74) is 0.852. The van der Waals surface area contributed by atoms with Gasteiger partial charge in [-0.25, -0.2) is 4.39 Å². The highest BCUT2D eigenvalue weighted by Crippen LogP contribution is 2.15.